The lowest BCUT2D eigenvalue weighted by Crippen LogP contribution is -2.20. The molecule has 0 radical (unpaired) electrons. The molecule has 0 aliphatic heterocycles. The number of hydrogen-bond donors (Lipinski definition) is 1. The van der Waals surface area contributed by atoms with Crippen molar-refractivity contribution in [1.82, 2.24) is 9.78 Å². The van der Waals surface area contributed by atoms with Crippen molar-refractivity contribution in [3.63, 3.8) is 0 Å². The standard InChI is InChI=1S/C18H16N2O2/c1-12-8-10-14(11-9-12)17(21)16-13(2)19-20(18(16)22)15-6-4-3-5-7-15/h3-11,19H,1-2H3. The summed E-state index contributed by atoms with van der Waals surface area (Å²) >= 11 is 0. The van der Waals surface area contributed by atoms with Crippen LogP contribution in [-0.2, 0) is 0 Å². The minimum Gasteiger partial charge on any atom is -0.295 e. The third-order valence-corrected chi connectivity index (χ3v) is 3.63. The fraction of sp³-hybridized carbons (Fsp3) is 0.111. The Morgan fingerprint density at radius 3 is 2.23 bits per heavy atom. The van der Waals surface area contributed by atoms with Crippen LogP contribution in [0.3, 0.4) is 0 Å². The number of ketones is 1. The Bertz CT molecular complexity index is 872. The van der Waals surface area contributed by atoms with Crippen molar-refractivity contribution in [2.24, 2.45) is 0 Å². The summed E-state index contributed by atoms with van der Waals surface area (Å²) in [5, 5.41) is 2.97. The second-order valence-corrected chi connectivity index (χ2v) is 5.28. The number of para-hydroxylation sites is 1. The summed E-state index contributed by atoms with van der Waals surface area (Å²) in [4.78, 5) is 25.2. The Hall–Kier alpha value is -2.88. The number of hydrogen-bond acceptors (Lipinski definition) is 2. The van der Waals surface area contributed by atoms with Crippen LogP contribution in [0.1, 0.15) is 27.2 Å². The first-order valence-electron chi connectivity index (χ1n) is 7.06. The van der Waals surface area contributed by atoms with Crippen molar-refractivity contribution in [2.75, 3.05) is 0 Å². The van der Waals surface area contributed by atoms with E-state index < -0.39 is 0 Å². The average Bonchev–Trinajstić information content (AvgIpc) is 2.83. The van der Waals surface area contributed by atoms with Crippen LogP contribution in [0.2, 0.25) is 0 Å². The van der Waals surface area contributed by atoms with Crippen LogP contribution in [0.4, 0.5) is 0 Å². The highest BCUT2D eigenvalue weighted by Crippen LogP contribution is 2.12. The molecule has 22 heavy (non-hydrogen) atoms. The number of aromatic nitrogens is 2. The molecule has 3 aromatic rings. The zero-order valence-electron chi connectivity index (χ0n) is 12.5. The number of carbonyl (C=O) groups is 1. The molecule has 110 valence electrons. The van der Waals surface area contributed by atoms with E-state index in [1.54, 1.807) is 19.1 Å². The first-order valence-corrected chi connectivity index (χ1v) is 7.06. The van der Waals surface area contributed by atoms with Crippen molar-refractivity contribution >= 4 is 5.78 Å². The normalized spacial score (nSPS) is 10.6. The van der Waals surface area contributed by atoms with Gasteiger partial charge in [-0.3, -0.25) is 14.7 Å². The topological polar surface area (TPSA) is 54.9 Å². The SMILES string of the molecule is Cc1ccc(C(=O)c2c(C)[nH]n(-c3ccccc3)c2=O)cc1. The van der Waals surface area contributed by atoms with Gasteiger partial charge in [0.1, 0.15) is 5.56 Å². The Labute approximate surface area is 128 Å². The van der Waals surface area contributed by atoms with Gasteiger partial charge in [0.15, 0.2) is 5.78 Å². The number of aryl methyl sites for hydroxylation is 2. The van der Waals surface area contributed by atoms with E-state index >= 15 is 0 Å². The van der Waals surface area contributed by atoms with Gasteiger partial charge >= 0.3 is 0 Å². The predicted molar refractivity (Wildman–Crippen MR) is 85.7 cm³/mol. The molecule has 1 aromatic heterocycles. The van der Waals surface area contributed by atoms with Gasteiger partial charge in [-0.1, -0.05) is 48.0 Å². The van der Waals surface area contributed by atoms with Crippen LogP contribution in [0.5, 0.6) is 0 Å². The summed E-state index contributed by atoms with van der Waals surface area (Å²) in [6.45, 7) is 3.69. The van der Waals surface area contributed by atoms with Gasteiger partial charge in [-0.15, -0.1) is 0 Å². The maximum Gasteiger partial charge on any atom is 0.282 e. The Kier molecular flexibility index (Phi) is 3.51. The zero-order valence-corrected chi connectivity index (χ0v) is 12.5. The van der Waals surface area contributed by atoms with Gasteiger partial charge in [-0.2, -0.15) is 0 Å². The smallest absolute Gasteiger partial charge is 0.282 e. The van der Waals surface area contributed by atoms with Crippen molar-refractivity contribution in [3.8, 4) is 5.69 Å². The molecule has 0 saturated carbocycles. The number of H-pyrrole nitrogens is 1. The van der Waals surface area contributed by atoms with Gasteiger partial charge in [-0.05, 0) is 26.0 Å². The van der Waals surface area contributed by atoms with Gasteiger partial charge in [0.05, 0.1) is 5.69 Å². The van der Waals surface area contributed by atoms with Crippen molar-refractivity contribution in [2.45, 2.75) is 13.8 Å². The van der Waals surface area contributed by atoms with Crippen LogP contribution in [0.15, 0.2) is 59.4 Å². The summed E-state index contributed by atoms with van der Waals surface area (Å²) in [5.74, 6) is -0.256. The van der Waals surface area contributed by atoms with E-state index in [9.17, 15) is 9.59 Å². The molecule has 0 aliphatic rings. The highest BCUT2D eigenvalue weighted by molar-refractivity contribution is 6.09. The Morgan fingerprint density at radius 1 is 0.955 bits per heavy atom. The maximum absolute atomic E-state index is 12.6. The lowest BCUT2D eigenvalue weighted by atomic mass is 10.0. The lowest BCUT2D eigenvalue weighted by molar-refractivity contribution is 0.103. The van der Waals surface area contributed by atoms with E-state index in [4.69, 9.17) is 0 Å². The molecule has 1 N–H and O–H groups in total. The summed E-state index contributed by atoms with van der Waals surface area (Å²) in [6, 6.07) is 16.4. The predicted octanol–water partition coefficient (Wildman–Crippen LogP) is 3.01. The molecule has 0 atom stereocenters. The second-order valence-electron chi connectivity index (χ2n) is 5.28. The molecule has 0 aliphatic carbocycles. The third-order valence-electron chi connectivity index (χ3n) is 3.63. The fourth-order valence-electron chi connectivity index (χ4n) is 2.42. The van der Waals surface area contributed by atoms with Crippen molar-refractivity contribution in [3.05, 3.63) is 87.3 Å². The summed E-state index contributed by atoms with van der Waals surface area (Å²) in [6.07, 6.45) is 0. The molecule has 0 bridgehead atoms. The van der Waals surface area contributed by atoms with E-state index in [-0.39, 0.29) is 16.9 Å². The number of aromatic amines is 1. The molecule has 2 aromatic carbocycles. The summed E-state index contributed by atoms with van der Waals surface area (Å²) < 4.78 is 1.40. The van der Waals surface area contributed by atoms with Crippen molar-refractivity contribution < 1.29 is 4.79 Å². The maximum atomic E-state index is 12.6. The number of benzene rings is 2. The second kappa shape index (κ2) is 5.48. The fourth-order valence-corrected chi connectivity index (χ4v) is 2.42. The van der Waals surface area contributed by atoms with Crippen LogP contribution in [0.25, 0.3) is 5.69 Å². The molecular weight excluding hydrogens is 276 g/mol. The lowest BCUT2D eigenvalue weighted by Gasteiger charge is -2.00. The first kappa shape index (κ1) is 14.1. The van der Waals surface area contributed by atoms with Gasteiger partial charge in [0.25, 0.3) is 5.56 Å². The van der Waals surface area contributed by atoms with E-state index in [1.807, 2.05) is 49.4 Å². The van der Waals surface area contributed by atoms with E-state index in [1.165, 1.54) is 4.68 Å². The quantitative estimate of drug-likeness (QED) is 0.754. The molecule has 0 spiro atoms. The third kappa shape index (κ3) is 2.39. The Balaban J connectivity index is 2.09. The average molecular weight is 292 g/mol. The molecule has 1 heterocycles. The summed E-state index contributed by atoms with van der Waals surface area (Å²) in [7, 11) is 0. The van der Waals surface area contributed by atoms with Crippen LogP contribution in [-0.4, -0.2) is 15.6 Å². The van der Waals surface area contributed by atoms with E-state index in [2.05, 4.69) is 5.10 Å². The largest absolute Gasteiger partial charge is 0.295 e. The first-order chi connectivity index (χ1) is 10.6. The summed E-state index contributed by atoms with van der Waals surface area (Å²) in [5.41, 5.74) is 2.73. The number of nitrogens with one attached hydrogen (secondary N) is 1. The number of rotatable bonds is 3. The molecule has 0 fully saturated rings. The molecule has 3 rings (SSSR count). The molecule has 0 saturated heterocycles. The van der Waals surface area contributed by atoms with Crippen LogP contribution >= 0.6 is 0 Å². The molecule has 0 amide bonds. The monoisotopic (exact) mass is 292 g/mol. The van der Waals surface area contributed by atoms with Crippen LogP contribution in [0, 0.1) is 13.8 Å². The molecule has 0 unspecified atom stereocenters. The zero-order chi connectivity index (χ0) is 15.7. The van der Waals surface area contributed by atoms with Gasteiger partial charge in [0, 0.05) is 11.3 Å². The Morgan fingerprint density at radius 2 is 1.59 bits per heavy atom. The van der Waals surface area contributed by atoms with Gasteiger partial charge < -0.3 is 0 Å². The van der Waals surface area contributed by atoms with Gasteiger partial charge in [-0.25, -0.2) is 4.68 Å². The number of carbonyl (C=O) groups excluding carboxylic acids is 1. The van der Waals surface area contributed by atoms with Crippen LogP contribution < -0.4 is 5.56 Å². The molecule has 4 nitrogen and oxygen atoms in total. The number of nitrogens with zero attached hydrogens (tertiary/aromatic N) is 1. The minimum absolute atomic E-state index is 0.188. The minimum atomic E-state index is -0.325. The van der Waals surface area contributed by atoms with Gasteiger partial charge in [0.2, 0.25) is 0 Å². The van der Waals surface area contributed by atoms with Crippen molar-refractivity contribution in [1.29, 1.82) is 0 Å². The van der Waals surface area contributed by atoms with E-state index in [0.717, 1.165) is 5.56 Å². The highest BCUT2D eigenvalue weighted by atomic mass is 16.2. The molecule has 4 heteroatoms. The molecular formula is C18H16N2O2. The highest BCUT2D eigenvalue weighted by Gasteiger charge is 2.20. The van der Waals surface area contributed by atoms with E-state index in [0.29, 0.717) is 16.9 Å².